The minimum Gasteiger partial charge on any atom is -0.390 e. The molecule has 0 spiro atoms. The molecule has 4 atom stereocenters. The number of rotatable bonds is 1. The summed E-state index contributed by atoms with van der Waals surface area (Å²) in [7, 11) is 0. The minimum absolute atomic E-state index is 0.0501. The van der Waals surface area contributed by atoms with Gasteiger partial charge in [0.15, 0.2) is 0 Å². The van der Waals surface area contributed by atoms with E-state index in [1.54, 1.807) is 6.92 Å². The van der Waals surface area contributed by atoms with Gasteiger partial charge in [0.25, 0.3) is 0 Å². The molecule has 4 unspecified atom stereocenters. The maximum absolute atomic E-state index is 11.3. The standard InChI is InChI=1S/C13H21NO2/c1-9(15)14-12-4-10-3-11(2,6-12)7-13(16,5-10)8-12/h10,16H,3-8H2,1-2H3,(H,14,15). The molecule has 4 aliphatic rings. The van der Waals surface area contributed by atoms with Gasteiger partial charge in [-0.2, -0.15) is 0 Å². The summed E-state index contributed by atoms with van der Waals surface area (Å²) in [6.07, 6.45) is 6.01. The van der Waals surface area contributed by atoms with Crippen molar-refractivity contribution in [3.05, 3.63) is 0 Å². The van der Waals surface area contributed by atoms with Crippen LogP contribution in [0.1, 0.15) is 52.4 Å². The molecule has 2 N–H and O–H groups in total. The molecule has 0 aromatic rings. The van der Waals surface area contributed by atoms with Crippen molar-refractivity contribution < 1.29 is 9.90 Å². The van der Waals surface area contributed by atoms with Crippen molar-refractivity contribution in [2.45, 2.75) is 63.5 Å². The van der Waals surface area contributed by atoms with Gasteiger partial charge in [-0.3, -0.25) is 4.79 Å². The van der Waals surface area contributed by atoms with Gasteiger partial charge in [0.2, 0.25) is 5.91 Å². The summed E-state index contributed by atoms with van der Waals surface area (Å²) in [4.78, 5) is 11.3. The van der Waals surface area contributed by atoms with E-state index in [1.807, 2.05) is 0 Å². The van der Waals surface area contributed by atoms with E-state index in [1.165, 1.54) is 6.42 Å². The molecular weight excluding hydrogens is 202 g/mol. The molecule has 0 heterocycles. The van der Waals surface area contributed by atoms with Gasteiger partial charge >= 0.3 is 0 Å². The Morgan fingerprint density at radius 3 is 2.56 bits per heavy atom. The fraction of sp³-hybridized carbons (Fsp3) is 0.923. The second-order valence-corrected chi connectivity index (χ2v) is 7.01. The third-order valence-electron chi connectivity index (χ3n) is 4.76. The van der Waals surface area contributed by atoms with Crippen molar-refractivity contribution in [3.8, 4) is 0 Å². The fourth-order valence-electron chi connectivity index (χ4n) is 5.38. The van der Waals surface area contributed by atoms with Crippen LogP contribution in [0.2, 0.25) is 0 Å². The third kappa shape index (κ3) is 1.48. The Balaban J connectivity index is 1.95. The van der Waals surface area contributed by atoms with Crippen LogP contribution in [0.5, 0.6) is 0 Å². The first-order chi connectivity index (χ1) is 7.32. The summed E-state index contributed by atoms with van der Waals surface area (Å²) >= 11 is 0. The fourth-order valence-corrected chi connectivity index (χ4v) is 5.38. The van der Waals surface area contributed by atoms with E-state index in [0.29, 0.717) is 5.92 Å². The monoisotopic (exact) mass is 223 g/mol. The Kier molecular flexibility index (Phi) is 1.86. The van der Waals surface area contributed by atoms with E-state index in [-0.39, 0.29) is 16.9 Å². The molecule has 4 saturated carbocycles. The molecule has 3 heteroatoms. The second kappa shape index (κ2) is 2.81. The summed E-state index contributed by atoms with van der Waals surface area (Å²) in [5.41, 5.74) is -0.359. The van der Waals surface area contributed by atoms with Crippen molar-refractivity contribution in [2.24, 2.45) is 11.3 Å². The van der Waals surface area contributed by atoms with Gasteiger partial charge in [-0.25, -0.2) is 0 Å². The zero-order chi connectivity index (χ0) is 11.6. The number of carbonyl (C=O) groups excluding carboxylic acids is 1. The number of nitrogens with one attached hydrogen (secondary N) is 1. The lowest BCUT2D eigenvalue weighted by atomic mass is 9.46. The maximum atomic E-state index is 11.3. The van der Waals surface area contributed by atoms with Crippen LogP contribution in [0.4, 0.5) is 0 Å². The average Bonchev–Trinajstić information content (AvgIpc) is 1.91. The first-order valence-corrected chi connectivity index (χ1v) is 6.33. The molecule has 4 fully saturated rings. The molecule has 0 aliphatic heterocycles. The van der Waals surface area contributed by atoms with Gasteiger partial charge in [0, 0.05) is 12.5 Å². The van der Waals surface area contributed by atoms with Crippen molar-refractivity contribution in [2.75, 3.05) is 0 Å². The summed E-state index contributed by atoms with van der Waals surface area (Å²) in [6.45, 7) is 3.87. The zero-order valence-electron chi connectivity index (χ0n) is 10.2. The van der Waals surface area contributed by atoms with Crippen LogP contribution in [-0.4, -0.2) is 22.2 Å². The van der Waals surface area contributed by atoms with Gasteiger partial charge in [-0.15, -0.1) is 0 Å². The first-order valence-electron chi connectivity index (χ1n) is 6.33. The Hall–Kier alpha value is -0.570. The maximum Gasteiger partial charge on any atom is 0.217 e. The quantitative estimate of drug-likeness (QED) is 0.709. The van der Waals surface area contributed by atoms with Crippen LogP contribution in [0.15, 0.2) is 0 Å². The van der Waals surface area contributed by atoms with Crippen LogP contribution in [0, 0.1) is 11.3 Å². The van der Waals surface area contributed by atoms with Gasteiger partial charge < -0.3 is 10.4 Å². The lowest BCUT2D eigenvalue weighted by Gasteiger charge is -2.64. The van der Waals surface area contributed by atoms with Gasteiger partial charge in [0.05, 0.1) is 5.60 Å². The molecule has 0 aromatic carbocycles. The highest BCUT2D eigenvalue weighted by molar-refractivity contribution is 5.74. The van der Waals surface area contributed by atoms with Crippen molar-refractivity contribution in [1.82, 2.24) is 5.32 Å². The van der Waals surface area contributed by atoms with Crippen molar-refractivity contribution >= 4 is 5.91 Å². The largest absolute Gasteiger partial charge is 0.390 e. The molecule has 0 radical (unpaired) electrons. The number of carbonyl (C=O) groups is 1. The van der Waals surface area contributed by atoms with E-state index in [9.17, 15) is 9.90 Å². The zero-order valence-corrected chi connectivity index (χ0v) is 10.2. The lowest BCUT2D eigenvalue weighted by molar-refractivity contribution is -0.176. The topological polar surface area (TPSA) is 49.3 Å². The van der Waals surface area contributed by atoms with E-state index >= 15 is 0 Å². The highest BCUT2D eigenvalue weighted by Gasteiger charge is 2.61. The SMILES string of the molecule is CC(=O)NC12CC3CC(C)(CC(O)(C3)C1)C2. The van der Waals surface area contributed by atoms with Crippen molar-refractivity contribution in [3.63, 3.8) is 0 Å². The summed E-state index contributed by atoms with van der Waals surface area (Å²) < 4.78 is 0. The molecule has 90 valence electrons. The number of aliphatic hydroxyl groups is 1. The highest BCUT2D eigenvalue weighted by atomic mass is 16.3. The van der Waals surface area contributed by atoms with E-state index in [4.69, 9.17) is 0 Å². The first kappa shape index (κ1) is 10.6. The Labute approximate surface area is 96.6 Å². The van der Waals surface area contributed by atoms with Gasteiger partial charge in [-0.05, 0) is 49.9 Å². The predicted octanol–water partition coefficient (Wildman–Crippen LogP) is 1.60. The Bertz CT molecular complexity index is 334. The molecule has 4 bridgehead atoms. The number of hydrogen-bond acceptors (Lipinski definition) is 2. The van der Waals surface area contributed by atoms with Crippen LogP contribution in [0.25, 0.3) is 0 Å². The average molecular weight is 223 g/mol. The van der Waals surface area contributed by atoms with Crippen LogP contribution in [-0.2, 0) is 4.79 Å². The predicted molar refractivity (Wildman–Crippen MR) is 60.8 cm³/mol. The molecular formula is C13H21NO2. The van der Waals surface area contributed by atoms with Crippen LogP contribution < -0.4 is 5.32 Å². The number of hydrogen-bond donors (Lipinski definition) is 2. The van der Waals surface area contributed by atoms with E-state index in [0.717, 1.165) is 32.1 Å². The summed E-state index contributed by atoms with van der Waals surface area (Å²) in [6, 6.07) is 0. The summed E-state index contributed by atoms with van der Waals surface area (Å²) in [5.74, 6) is 0.659. The van der Waals surface area contributed by atoms with Crippen molar-refractivity contribution in [1.29, 1.82) is 0 Å². The normalized spacial score (nSPS) is 54.1. The smallest absolute Gasteiger partial charge is 0.217 e. The molecule has 16 heavy (non-hydrogen) atoms. The minimum atomic E-state index is -0.503. The number of amides is 1. The lowest BCUT2D eigenvalue weighted by Crippen LogP contribution is -2.67. The second-order valence-electron chi connectivity index (χ2n) is 7.01. The Morgan fingerprint density at radius 2 is 2.00 bits per heavy atom. The van der Waals surface area contributed by atoms with Crippen LogP contribution >= 0.6 is 0 Å². The van der Waals surface area contributed by atoms with Crippen LogP contribution in [0.3, 0.4) is 0 Å². The molecule has 4 aliphatic carbocycles. The van der Waals surface area contributed by atoms with E-state index in [2.05, 4.69) is 12.2 Å². The Morgan fingerprint density at radius 1 is 1.25 bits per heavy atom. The molecule has 1 amide bonds. The highest BCUT2D eigenvalue weighted by Crippen LogP contribution is 2.62. The summed E-state index contributed by atoms with van der Waals surface area (Å²) in [5, 5.41) is 13.7. The third-order valence-corrected chi connectivity index (χ3v) is 4.76. The van der Waals surface area contributed by atoms with Gasteiger partial charge in [0.1, 0.15) is 0 Å². The molecule has 4 rings (SSSR count). The van der Waals surface area contributed by atoms with Gasteiger partial charge in [-0.1, -0.05) is 6.92 Å². The van der Waals surface area contributed by atoms with E-state index < -0.39 is 5.60 Å². The molecule has 3 nitrogen and oxygen atoms in total. The molecule has 0 saturated heterocycles. The molecule has 0 aromatic heterocycles.